The molecule has 0 radical (unpaired) electrons. The van der Waals surface area contributed by atoms with E-state index in [9.17, 15) is 17.6 Å². The molecule has 12 heavy (non-hydrogen) atoms. The smallest absolute Gasteiger partial charge is 0.301 e. The van der Waals surface area contributed by atoms with E-state index in [2.05, 4.69) is 0 Å². The lowest BCUT2D eigenvalue weighted by Gasteiger charge is -2.21. The topological polar surface area (TPSA) is 3.24 Å². The fourth-order valence-electron chi connectivity index (χ4n) is 0.812. The van der Waals surface area contributed by atoms with Crippen molar-refractivity contribution in [2.24, 2.45) is 0 Å². The second kappa shape index (κ2) is 4.64. The van der Waals surface area contributed by atoms with Crippen molar-refractivity contribution < 1.29 is 17.6 Å². The monoisotopic (exact) mass is 187 g/mol. The molecule has 0 heterocycles. The number of hydrogen-bond acceptors (Lipinski definition) is 1. The second-order valence-corrected chi connectivity index (χ2v) is 2.49. The van der Waals surface area contributed by atoms with Crippen molar-refractivity contribution >= 4 is 0 Å². The molecule has 1 nitrogen and oxygen atoms in total. The molecule has 5 heteroatoms. The van der Waals surface area contributed by atoms with Crippen LogP contribution in [0.4, 0.5) is 17.6 Å². The number of nitrogens with zero attached hydrogens (tertiary/aromatic N) is 1. The maximum atomic E-state index is 12.4. The fourth-order valence-corrected chi connectivity index (χ4v) is 0.812. The normalized spacial score (nSPS) is 15.2. The summed E-state index contributed by atoms with van der Waals surface area (Å²) in [6.07, 6.45) is -7.44. The Kier molecular flexibility index (Phi) is 4.52. The van der Waals surface area contributed by atoms with E-state index >= 15 is 0 Å². The molecule has 0 N–H and O–H groups in total. The summed E-state index contributed by atoms with van der Waals surface area (Å²) >= 11 is 0. The van der Waals surface area contributed by atoms with Crippen LogP contribution in [0.15, 0.2) is 0 Å². The van der Waals surface area contributed by atoms with E-state index in [0.29, 0.717) is 13.1 Å². The van der Waals surface area contributed by atoms with Crippen LogP contribution in [0.1, 0.15) is 13.8 Å². The minimum absolute atomic E-state index is 0.438. The van der Waals surface area contributed by atoms with Crippen molar-refractivity contribution in [3.8, 4) is 0 Å². The fraction of sp³-hybridized carbons (Fsp3) is 1.00. The van der Waals surface area contributed by atoms with Crippen LogP contribution >= 0.6 is 0 Å². The molecular formula is C7H13F4N. The van der Waals surface area contributed by atoms with Gasteiger partial charge in [-0.15, -0.1) is 0 Å². The van der Waals surface area contributed by atoms with Gasteiger partial charge in [0.25, 0.3) is 0 Å². The minimum Gasteiger partial charge on any atom is -0.301 e. The summed E-state index contributed by atoms with van der Waals surface area (Å²) in [5.41, 5.74) is 0. The third-order valence-electron chi connectivity index (χ3n) is 1.67. The maximum Gasteiger partial charge on any atom is 0.420 e. The summed E-state index contributed by atoms with van der Waals surface area (Å²) in [5, 5.41) is 0. The first-order chi connectivity index (χ1) is 5.41. The highest BCUT2D eigenvalue weighted by atomic mass is 19.4. The molecule has 74 valence electrons. The van der Waals surface area contributed by atoms with Crippen LogP contribution < -0.4 is 0 Å². The van der Waals surface area contributed by atoms with E-state index in [-0.39, 0.29) is 0 Å². The SMILES string of the molecule is CCN(CC)CC(F)C(F)(F)F. The zero-order chi connectivity index (χ0) is 9.78. The number of hydrogen-bond donors (Lipinski definition) is 0. The Morgan fingerprint density at radius 2 is 1.58 bits per heavy atom. The summed E-state index contributed by atoms with van der Waals surface area (Å²) in [6.45, 7) is 3.72. The molecule has 0 aromatic heterocycles. The molecule has 0 fully saturated rings. The first-order valence-corrected chi connectivity index (χ1v) is 3.84. The summed E-state index contributed by atoms with van der Waals surface area (Å²) < 4.78 is 47.4. The molecular weight excluding hydrogens is 174 g/mol. The Bertz CT molecular complexity index is 119. The van der Waals surface area contributed by atoms with Gasteiger partial charge in [-0.3, -0.25) is 0 Å². The van der Waals surface area contributed by atoms with Crippen molar-refractivity contribution in [3.05, 3.63) is 0 Å². The van der Waals surface area contributed by atoms with Crippen molar-refractivity contribution in [1.82, 2.24) is 4.90 Å². The average molecular weight is 187 g/mol. The van der Waals surface area contributed by atoms with Gasteiger partial charge < -0.3 is 4.90 Å². The third kappa shape index (κ3) is 3.90. The zero-order valence-corrected chi connectivity index (χ0v) is 7.16. The summed E-state index contributed by atoms with van der Waals surface area (Å²) in [4.78, 5) is 1.40. The predicted octanol–water partition coefficient (Wildman–Crippen LogP) is 2.23. The highest BCUT2D eigenvalue weighted by molar-refractivity contribution is 4.70. The van der Waals surface area contributed by atoms with E-state index in [0.717, 1.165) is 0 Å². The molecule has 0 rings (SSSR count). The summed E-state index contributed by atoms with van der Waals surface area (Å²) in [6, 6.07) is 0. The largest absolute Gasteiger partial charge is 0.420 e. The van der Waals surface area contributed by atoms with Crippen molar-refractivity contribution in [3.63, 3.8) is 0 Å². The minimum atomic E-state index is -4.72. The molecule has 0 aliphatic rings. The van der Waals surface area contributed by atoms with Crippen molar-refractivity contribution in [2.45, 2.75) is 26.2 Å². The van der Waals surface area contributed by atoms with Gasteiger partial charge >= 0.3 is 6.18 Å². The first kappa shape index (κ1) is 11.7. The number of alkyl halides is 4. The van der Waals surface area contributed by atoms with Gasteiger partial charge in [-0.25, -0.2) is 4.39 Å². The molecule has 0 spiro atoms. The molecule has 0 amide bonds. The lowest BCUT2D eigenvalue weighted by Crippen LogP contribution is -2.38. The van der Waals surface area contributed by atoms with Crippen molar-refractivity contribution in [2.75, 3.05) is 19.6 Å². The maximum absolute atomic E-state index is 12.4. The third-order valence-corrected chi connectivity index (χ3v) is 1.67. The lowest BCUT2D eigenvalue weighted by molar-refractivity contribution is -0.184. The lowest BCUT2D eigenvalue weighted by atomic mass is 10.3. The van der Waals surface area contributed by atoms with E-state index in [1.54, 1.807) is 13.8 Å². The molecule has 0 aromatic carbocycles. The van der Waals surface area contributed by atoms with Gasteiger partial charge in [0.15, 0.2) is 0 Å². The Morgan fingerprint density at radius 3 is 1.83 bits per heavy atom. The van der Waals surface area contributed by atoms with E-state index in [4.69, 9.17) is 0 Å². The van der Waals surface area contributed by atoms with Gasteiger partial charge in [-0.1, -0.05) is 13.8 Å². The van der Waals surface area contributed by atoms with Crippen LogP contribution in [0.3, 0.4) is 0 Å². The van der Waals surface area contributed by atoms with Gasteiger partial charge in [0.2, 0.25) is 6.17 Å². The Labute approximate surface area is 69.4 Å². The summed E-state index contributed by atoms with van der Waals surface area (Å²) in [7, 11) is 0. The molecule has 0 aliphatic heterocycles. The predicted molar refractivity (Wildman–Crippen MR) is 38.7 cm³/mol. The number of halogens is 4. The van der Waals surface area contributed by atoms with Gasteiger partial charge in [-0.05, 0) is 13.1 Å². The zero-order valence-electron chi connectivity index (χ0n) is 7.16. The molecule has 0 aromatic rings. The van der Waals surface area contributed by atoms with E-state index < -0.39 is 18.9 Å². The van der Waals surface area contributed by atoms with Crippen LogP contribution in [-0.2, 0) is 0 Å². The molecule has 1 atom stereocenters. The van der Waals surface area contributed by atoms with Crippen LogP contribution in [-0.4, -0.2) is 36.9 Å². The summed E-state index contributed by atoms with van der Waals surface area (Å²) in [5.74, 6) is 0. The van der Waals surface area contributed by atoms with Crippen LogP contribution in [0.2, 0.25) is 0 Å². The first-order valence-electron chi connectivity index (χ1n) is 3.84. The molecule has 0 aliphatic carbocycles. The van der Waals surface area contributed by atoms with E-state index in [1.807, 2.05) is 0 Å². The van der Waals surface area contributed by atoms with Crippen LogP contribution in [0.5, 0.6) is 0 Å². The highest BCUT2D eigenvalue weighted by Gasteiger charge is 2.40. The van der Waals surface area contributed by atoms with Gasteiger partial charge in [0.1, 0.15) is 0 Å². The van der Waals surface area contributed by atoms with Crippen LogP contribution in [0, 0.1) is 0 Å². The van der Waals surface area contributed by atoms with Gasteiger partial charge in [0, 0.05) is 6.54 Å². The molecule has 0 bridgehead atoms. The van der Waals surface area contributed by atoms with Gasteiger partial charge in [0.05, 0.1) is 0 Å². The Hall–Kier alpha value is -0.320. The number of rotatable bonds is 4. The average Bonchev–Trinajstić information content (AvgIpc) is 1.97. The molecule has 0 saturated heterocycles. The van der Waals surface area contributed by atoms with Gasteiger partial charge in [-0.2, -0.15) is 13.2 Å². The molecule has 1 unspecified atom stereocenters. The highest BCUT2D eigenvalue weighted by Crippen LogP contribution is 2.23. The second-order valence-electron chi connectivity index (χ2n) is 2.49. The Balaban J connectivity index is 3.90. The quantitative estimate of drug-likeness (QED) is 0.610. The van der Waals surface area contributed by atoms with Crippen LogP contribution in [0.25, 0.3) is 0 Å². The van der Waals surface area contributed by atoms with Crippen molar-refractivity contribution in [1.29, 1.82) is 0 Å². The standard InChI is InChI=1S/C7H13F4N/c1-3-12(4-2)5-6(8)7(9,10)11/h6H,3-5H2,1-2H3. The molecule has 0 saturated carbocycles. The van der Waals surface area contributed by atoms with E-state index in [1.165, 1.54) is 4.90 Å². The Morgan fingerprint density at radius 1 is 1.17 bits per heavy atom.